The molecule has 84 valence electrons. The van der Waals surface area contributed by atoms with Crippen LogP contribution in [0, 0.1) is 0 Å². The topological polar surface area (TPSA) is 92.5 Å². The van der Waals surface area contributed by atoms with Crippen molar-refractivity contribution in [3.8, 4) is 11.5 Å². The molecule has 0 bridgehead atoms. The molecular weight excluding hydrogens is 204 g/mol. The van der Waals surface area contributed by atoms with Gasteiger partial charge in [-0.25, -0.2) is 0 Å². The number of aromatic hydroxyl groups is 2. The molecular formula is C12H14N2O2. The van der Waals surface area contributed by atoms with Crippen molar-refractivity contribution < 1.29 is 10.2 Å². The standard InChI is InChI=1S/2C6H7NO/c2*7-5-2-1-3-6(8)4-5/h2*1-4,8H,7H2. The highest BCUT2D eigenvalue weighted by Gasteiger charge is 1.84. The molecule has 0 atom stereocenters. The van der Waals surface area contributed by atoms with Crippen LogP contribution in [-0.2, 0) is 0 Å². The largest absolute Gasteiger partial charge is 0.508 e. The van der Waals surface area contributed by atoms with Crippen molar-refractivity contribution in [1.82, 2.24) is 0 Å². The number of nitrogen functional groups attached to an aromatic ring is 2. The molecule has 0 unspecified atom stereocenters. The zero-order chi connectivity index (χ0) is 12.0. The first-order valence-corrected chi connectivity index (χ1v) is 4.67. The van der Waals surface area contributed by atoms with E-state index in [1.54, 1.807) is 36.4 Å². The Morgan fingerprint density at radius 2 is 1.06 bits per heavy atom. The van der Waals surface area contributed by atoms with Crippen molar-refractivity contribution in [2.75, 3.05) is 11.5 Å². The van der Waals surface area contributed by atoms with Crippen LogP contribution in [0.1, 0.15) is 0 Å². The number of anilines is 2. The maximum Gasteiger partial charge on any atom is 0.117 e. The molecule has 0 saturated carbocycles. The van der Waals surface area contributed by atoms with Gasteiger partial charge >= 0.3 is 0 Å². The lowest BCUT2D eigenvalue weighted by Crippen LogP contribution is -1.80. The fraction of sp³-hybridized carbons (Fsp3) is 0. The minimum atomic E-state index is 0.213. The normalized spacial score (nSPS) is 9.00. The fourth-order valence-electron chi connectivity index (χ4n) is 1.05. The van der Waals surface area contributed by atoms with Crippen LogP contribution in [0.25, 0.3) is 0 Å². The van der Waals surface area contributed by atoms with Gasteiger partial charge in [0.25, 0.3) is 0 Å². The van der Waals surface area contributed by atoms with E-state index < -0.39 is 0 Å². The van der Waals surface area contributed by atoms with Crippen LogP contribution in [0.15, 0.2) is 48.5 Å². The van der Waals surface area contributed by atoms with E-state index in [0.29, 0.717) is 11.4 Å². The molecule has 0 aliphatic heterocycles. The van der Waals surface area contributed by atoms with Gasteiger partial charge in [-0.05, 0) is 24.3 Å². The van der Waals surface area contributed by atoms with E-state index in [1.165, 1.54) is 12.1 Å². The lowest BCUT2D eigenvalue weighted by Gasteiger charge is -1.90. The summed E-state index contributed by atoms with van der Waals surface area (Å²) in [5.41, 5.74) is 11.8. The zero-order valence-corrected chi connectivity index (χ0v) is 8.67. The molecule has 6 N–H and O–H groups in total. The van der Waals surface area contributed by atoms with Gasteiger partial charge in [-0.2, -0.15) is 0 Å². The molecule has 0 amide bonds. The second-order valence-electron chi connectivity index (χ2n) is 3.19. The minimum Gasteiger partial charge on any atom is -0.508 e. The van der Waals surface area contributed by atoms with E-state index in [2.05, 4.69) is 0 Å². The van der Waals surface area contributed by atoms with Crippen molar-refractivity contribution in [1.29, 1.82) is 0 Å². The van der Waals surface area contributed by atoms with Crippen molar-refractivity contribution in [3.05, 3.63) is 48.5 Å². The predicted molar refractivity (Wildman–Crippen MR) is 65.0 cm³/mol. The Bertz CT molecular complexity index is 380. The monoisotopic (exact) mass is 218 g/mol. The zero-order valence-electron chi connectivity index (χ0n) is 8.67. The molecule has 4 heteroatoms. The quantitative estimate of drug-likeness (QED) is 0.508. The second-order valence-corrected chi connectivity index (χ2v) is 3.19. The first-order valence-electron chi connectivity index (χ1n) is 4.67. The average molecular weight is 218 g/mol. The molecule has 0 saturated heterocycles. The summed E-state index contributed by atoms with van der Waals surface area (Å²) in [5, 5.41) is 17.5. The number of phenolic OH excluding ortho intramolecular Hbond substituents is 2. The van der Waals surface area contributed by atoms with Gasteiger partial charge in [-0.15, -0.1) is 0 Å². The number of benzene rings is 2. The molecule has 0 spiro atoms. The van der Waals surface area contributed by atoms with Crippen LogP contribution in [-0.4, -0.2) is 10.2 Å². The first kappa shape index (κ1) is 11.7. The average Bonchev–Trinajstić information content (AvgIpc) is 2.17. The van der Waals surface area contributed by atoms with Gasteiger partial charge in [-0.1, -0.05) is 12.1 Å². The van der Waals surface area contributed by atoms with Gasteiger partial charge in [0.05, 0.1) is 0 Å². The third-order valence-electron chi connectivity index (χ3n) is 1.74. The van der Waals surface area contributed by atoms with E-state index in [0.717, 1.165) is 0 Å². The molecule has 0 fully saturated rings. The van der Waals surface area contributed by atoms with E-state index in [9.17, 15) is 0 Å². The molecule has 2 aromatic rings. The minimum absolute atomic E-state index is 0.213. The van der Waals surface area contributed by atoms with Crippen molar-refractivity contribution in [2.24, 2.45) is 0 Å². The molecule has 4 nitrogen and oxygen atoms in total. The third-order valence-corrected chi connectivity index (χ3v) is 1.74. The van der Waals surface area contributed by atoms with E-state index >= 15 is 0 Å². The smallest absolute Gasteiger partial charge is 0.117 e. The highest BCUT2D eigenvalue weighted by atomic mass is 16.3. The number of nitrogens with two attached hydrogens (primary N) is 2. The Balaban J connectivity index is 0.000000160. The number of hydrogen-bond acceptors (Lipinski definition) is 4. The summed E-state index contributed by atoms with van der Waals surface area (Å²) in [5.74, 6) is 0.426. The Labute approximate surface area is 93.8 Å². The summed E-state index contributed by atoms with van der Waals surface area (Å²) in [6, 6.07) is 13.0. The summed E-state index contributed by atoms with van der Waals surface area (Å²) in [7, 11) is 0. The van der Waals surface area contributed by atoms with Gasteiger partial charge in [0.15, 0.2) is 0 Å². The third kappa shape index (κ3) is 4.23. The lowest BCUT2D eigenvalue weighted by molar-refractivity contribution is 0.475. The highest BCUT2D eigenvalue weighted by molar-refractivity contribution is 5.43. The molecule has 0 aromatic heterocycles. The lowest BCUT2D eigenvalue weighted by atomic mass is 10.3. The molecule has 0 aliphatic rings. The second kappa shape index (κ2) is 5.50. The molecule has 2 rings (SSSR count). The summed E-state index contributed by atoms with van der Waals surface area (Å²) < 4.78 is 0. The summed E-state index contributed by atoms with van der Waals surface area (Å²) >= 11 is 0. The van der Waals surface area contributed by atoms with Crippen LogP contribution >= 0.6 is 0 Å². The van der Waals surface area contributed by atoms with E-state index in [4.69, 9.17) is 21.7 Å². The molecule has 2 aromatic carbocycles. The molecule has 0 heterocycles. The van der Waals surface area contributed by atoms with Crippen LogP contribution in [0.3, 0.4) is 0 Å². The summed E-state index contributed by atoms with van der Waals surface area (Å²) in [6.45, 7) is 0. The SMILES string of the molecule is Nc1cccc(O)c1.Nc1cccc(O)c1. The van der Waals surface area contributed by atoms with E-state index in [1.807, 2.05) is 0 Å². The Morgan fingerprint density at radius 1 is 0.688 bits per heavy atom. The van der Waals surface area contributed by atoms with Crippen LogP contribution in [0.5, 0.6) is 11.5 Å². The summed E-state index contributed by atoms with van der Waals surface area (Å²) in [4.78, 5) is 0. The van der Waals surface area contributed by atoms with Crippen LogP contribution < -0.4 is 11.5 Å². The van der Waals surface area contributed by atoms with Crippen LogP contribution in [0.2, 0.25) is 0 Å². The fourth-order valence-corrected chi connectivity index (χ4v) is 1.05. The molecule has 0 aliphatic carbocycles. The Morgan fingerprint density at radius 3 is 1.25 bits per heavy atom. The Kier molecular flexibility index (Phi) is 4.03. The maximum absolute atomic E-state index is 8.73. The first-order chi connectivity index (χ1) is 7.58. The van der Waals surface area contributed by atoms with Gasteiger partial charge in [0.1, 0.15) is 11.5 Å². The van der Waals surface area contributed by atoms with Gasteiger partial charge in [0.2, 0.25) is 0 Å². The van der Waals surface area contributed by atoms with Gasteiger partial charge < -0.3 is 21.7 Å². The van der Waals surface area contributed by atoms with Crippen molar-refractivity contribution >= 4 is 11.4 Å². The van der Waals surface area contributed by atoms with Crippen LogP contribution in [0.4, 0.5) is 11.4 Å². The number of rotatable bonds is 0. The highest BCUT2D eigenvalue weighted by Crippen LogP contribution is 2.11. The van der Waals surface area contributed by atoms with Gasteiger partial charge in [0, 0.05) is 23.5 Å². The molecule has 0 radical (unpaired) electrons. The van der Waals surface area contributed by atoms with Gasteiger partial charge in [-0.3, -0.25) is 0 Å². The summed E-state index contributed by atoms with van der Waals surface area (Å²) in [6.07, 6.45) is 0. The van der Waals surface area contributed by atoms with E-state index in [-0.39, 0.29) is 11.5 Å². The van der Waals surface area contributed by atoms with Crippen molar-refractivity contribution in [2.45, 2.75) is 0 Å². The predicted octanol–water partition coefficient (Wildman–Crippen LogP) is 1.95. The molecule has 16 heavy (non-hydrogen) atoms. The number of hydrogen-bond donors (Lipinski definition) is 4. The Hall–Kier alpha value is -2.36. The maximum atomic E-state index is 8.73. The van der Waals surface area contributed by atoms with Crippen molar-refractivity contribution in [3.63, 3.8) is 0 Å². The number of phenols is 2.